The van der Waals surface area contributed by atoms with Crippen LogP contribution in [0.1, 0.15) is 19.3 Å². The third kappa shape index (κ3) is 2.08. The first kappa shape index (κ1) is 6.66. The molecular formula is C8H14N. The highest BCUT2D eigenvalue weighted by atomic mass is 15.1. The quantitative estimate of drug-likeness (QED) is 0.515. The number of allylic oxidation sites excluding steroid dienone is 1. The Labute approximate surface area is 57.4 Å². The second kappa shape index (κ2) is 3.54. The monoisotopic (exact) mass is 124 g/mol. The molecule has 1 radical (unpaired) electrons. The summed E-state index contributed by atoms with van der Waals surface area (Å²) in [6.07, 6.45) is 8.06. The van der Waals surface area contributed by atoms with E-state index in [4.69, 9.17) is 0 Å². The molecule has 1 aliphatic rings. The van der Waals surface area contributed by atoms with Crippen LogP contribution in [0.5, 0.6) is 0 Å². The summed E-state index contributed by atoms with van der Waals surface area (Å²) in [6.45, 7) is 6.11. The van der Waals surface area contributed by atoms with E-state index in [2.05, 4.69) is 18.0 Å². The summed E-state index contributed by atoms with van der Waals surface area (Å²) in [5.41, 5.74) is 0. The van der Waals surface area contributed by atoms with Gasteiger partial charge in [0.05, 0.1) is 0 Å². The van der Waals surface area contributed by atoms with Crippen LogP contribution in [0, 0.1) is 6.92 Å². The van der Waals surface area contributed by atoms with Gasteiger partial charge in [0.15, 0.2) is 0 Å². The largest absolute Gasteiger partial charge is 0.378 e. The zero-order valence-corrected chi connectivity index (χ0v) is 5.84. The topological polar surface area (TPSA) is 3.24 Å². The lowest BCUT2D eigenvalue weighted by molar-refractivity contribution is 0.309. The van der Waals surface area contributed by atoms with Crippen molar-refractivity contribution in [2.45, 2.75) is 19.3 Å². The maximum absolute atomic E-state index is 3.66. The van der Waals surface area contributed by atoms with Crippen molar-refractivity contribution in [1.29, 1.82) is 0 Å². The first-order chi connectivity index (χ1) is 4.43. The van der Waals surface area contributed by atoms with E-state index in [0.717, 1.165) is 0 Å². The van der Waals surface area contributed by atoms with Gasteiger partial charge in [-0.05, 0) is 32.4 Å². The maximum atomic E-state index is 3.66. The molecule has 0 atom stereocenters. The first-order valence-corrected chi connectivity index (χ1v) is 3.63. The number of piperidine rings is 1. The number of nitrogens with zero attached hydrogens (tertiary/aromatic N) is 1. The molecule has 0 saturated carbocycles. The van der Waals surface area contributed by atoms with Gasteiger partial charge in [-0.2, -0.15) is 0 Å². The SMILES string of the molecule is [CH2]C=CN1CCCCC1. The Bertz CT molecular complexity index is 90.7. The Morgan fingerprint density at radius 3 is 2.33 bits per heavy atom. The van der Waals surface area contributed by atoms with Crippen LogP contribution in [0.4, 0.5) is 0 Å². The Kier molecular flexibility index (Phi) is 2.62. The predicted molar refractivity (Wildman–Crippen MR) is 39.9 cm³/mol. The molecule has 0 aliphatic carbocycles. The summed E-state index contributed by atoms with van der Waals surface area (Å²) >= 11 is 0. The molecule has 51 valence electrons. The highest BCUT2D eigenvalue weighted by Gasteiger charge is 2.03. The number of rotatable bonds is 1. The lowest BCUT2D eigenvalue weighted by Gasteiger charge is -2.24. The summed E-state index contributed by atoms with van der Waals surface area (Å²) in [6, 6.07) is 0. The minimum Gasteiger partial charge on any atom is -0.378 e. The molecule has 0 amide bonds. The number of likely N-dealkylation sites (tertiary alicyclic amines) is 1. The summed E-state index contributed by atoms with van der Waals surface area (Å²) in [5, 5.41) is 0. The smallest absolute Gasteiger partial charge is 0.0172 e. The minimum atomic E-state index is 1.23. The van der Waals surface area contributed by atoms with Crippen LogP contribution in [0.15, 0.2) is 12.3 Å². The van der Waals surface area contributed by atoms with Gasteiger partial charge in [-0.3, -0.25) is 0 Å². The Hall–Kier alpha value is -0.460. The zero-order valence-electron chi connectivity index (χ0n) is 5.84. The van der Waals surface area contributed by atoms with E-state index in [1.165, 1.54) is 32.4 Å². The molecule has 0 aromatic carbocycles. The van der Waals surface area contributed by atoms with Crippen LogP contribution in [-0.2, 0) is 0 Å². The van der Waals surface area contributed by atoms with E-state index in [0.29, 0.717) is 0 Å². The van der Waals surface area contributed by atoms with E-state index >= 15 is 0 Å². The van der Waals surface area contributed by atoms with Gasteiger partial charge in [0.1, 0.15) is 0 Å². The normalized spacial score (nSPS) is 21.2. The Morgan fingerprint density at radius 2 is 1.78 bits per heavy atom. The molecule has 0 aromatic rings. The van der Waals surface area contributed by atoms with Crippen molar-refractivity contribution in [3.05, 3.63) is 19.2 Å². The van der Waals surface area contributed by atoms with Gasteiger partial charge in [-0.25, -0.2) is 0 Å². The summed E-state index contributed by atoms with van der Waals surface area (Å²) < 4.78 is 0. The molecule has 1 heteroatoms. The van der Waals surface area contributed by atoms with E-state index in [1.807, 2.05) is 6.08 Å². The molecule has 1 nitrogen and oxygen atoms in total. The molecule has 9 heavy (non-hydrogen) atoms. The molecule has 0 aromatic heterocycles. The maximum Gasteiger partial charge on any atom is 0.0172 e. The van der Waals surface area contributed by atoms with Crippen LogP contribution < -0.4 is 0 Å². The molecule has 0 N–H and O–H groups in total. The lowest BCUT2D eigenvalue weighted by atomic mass is 10.1. The first-order valence-electron chi connectivity index (χ1n) is 3.63. The fourth-order valence-corrected chi connectivity index (χ4v) is 1.22. The van der Waals surface area contributed by atoms with Crippen LogP contribution in [-0.4, -0.2) is 18.0 Å². The van der Waals surface area contributed by atoms with Crippen molar-refractivity contribution in [2.75, 3.05) is 13.1 Å². The predicted octanol–water partition coefficient (Wildman–Crippen LogP) is 1.82. The fraction of sp³-hybridized carbons (Fsp3) is 0.625. The van der Waals surface area contributed by atoms with E-state index in [9.17, 15) is 0 Å². The van der Waals surface area contributed by atoms with Crippen molar-refractivity contribution in [3.63, 3.8) is 0 Å². The van der Waals surface area contributed by atoms with Gasteiger partial charge in [0, 0.05) is 13.1 Å². The summed E-state index contributed by atoms with van der Waals surface area (Å²) in [7, 11) is 0. The molecule has 1 saturated heterocycles. The summed E-state index contributed by atoms with van der Waals surface area (Å²) in [5.74, 6) is 0. The molecular weight excluding hydrogens is 110 g/mol. The van der Waals surface area contributed by atoms with Gasteiger partial charge in [0.2, 0.25) is 0 Å². The van der Waals surface area contributed by atoms with Crippen LogP contribution in [0.2, 0.25) is 0 Å². The van der Waals surface area contributed by atoms with E-state index in [1.54, 1.807) is 0 Å². The molecule has 0 unspecified atom stereocenters. The van der Waals surface area contributed by atoms with Crippen molar-refractivity contribution in [1.82, 2.24) is 4.90 Å². The van der Waals surface area contributed by atoms with Gasteiger partial charge in [-0.15, -0.1) is 0 Å². The van der Waals surface area contributed by atoms with Crippen LogP contribution in [0.25, 0.3) is 0 Å². The van der Waals surface area contributed by atoms with Gasteiger partial charge >= 0.3 is 0 Å². The highest BCUT2D eigenvalue weighted by molar-refractivity contribution is 4.85. The third-order valence-corrected chi connectivity index (χ3v) is 1.71. The van der Waals surface area contributed by atoms with Crippen molar-refractivity contribution in [2.24, 2.45) is 0 Å². The second-order valence-electron chi connectivity index (χ2n) is 2.48. The molecule has 0 spiro atoms. The van der Waals surface area contributed by atoms with Gasteiger partial charge in [-0.1, -0.05) is 6.08 Å². The Balaban J connectivity index is 2.23. The van der Waals surface area contributed by atoms with Gasteiger partial charge in [0.25, 0.3) is 0 Å². The average molecular weight is 124 g/mol. The van der Waals surface area contributed by atoms with Crippen molar-refractivity contribution >= 4 is 0 Å². The van der Waals surface area contributed by atoms with Gasteiger partial charge < -0.3 is 4.90 Å². The van der Waals surface area contributed by atoms with Crippen molar-refractivity contribution in [3.8, 4) is 0 Å². The third-order valence-electron chi connectivity index (χ3n) is 1.71. The molecule has 1 heterocycles. The molecule has 0 bridgehead atoms. The van der Waals surface area contributed by atoms with E-state index in [-0.39, 0.29) is 0 Å². The fourth-order valence-electron chi connectivity index (χ4n) is 1.22. The summed E-state index contributed by atoms with van der Waals surface area (Å²) in [4.78, 5) is 2.33. The minimum absolute atomic E-state index is 1.23. The highest BCUT2D eigenvalue weighted by Crippen LogP contribution is 2.07. The number of hydrogen-bond donors (Lipinski definition) is 0. The lowest BCUT2D eigenvalue weighted by Crippen LogP contribution is -2.23. The Morgan fingerprint density at radius 1 is 1.11 bits per heavy atom. The van der Waals surface area contributed by atoms with Crippen molar-refractivity contribution < 1.29 is 0 Å². The molecule has 1 aliphatic heterocycles. The van der Waals surface area contributed by atoms with E-state index < -0.39 is 0 Å². The zero-order chi connectivity index (χ0) is 6.53. The van der Waals surface area contributed by atoms with Crippen LogP contribution >= 0.6 is 0 Å². The molecule has 1 fully saturated rings. The van der Waals surface area contributed by atoms with Crippen LogP contribution in [0.3, 0.4) is 0 Å². The number of hydrogen-bond acceptors (Lipinski definition) is 1. The second-order valence-corrected chi connectivity index (χ2v) is 2.48. The standard InChI is InChI=1S/C8H14N/c1-2-6-9-7-4-3-5-8-9/h2,6H,1,3-5,7-8H2. The molecule has 1 rings (SSSR count). The average Bonchev–Trinajstić information content (AvgIpc) is 1.91.